The average molecular weight is 298 g/mol. The number of ether oxygens (including phenoxy) is 1. The van der Waals surface area contributed by atoms with E-state index in [9.17, 15) is 5.11 Å². The lowest BCUT2D eigenvalue weighted by molar-refractivity contribution is 0.0811. The van der Waals surface area contributed by atoms with E-state index in [1.807, 2.05) is 25.1 Å². The number of rotatable bonds is 7. The van der Waals surface area contributed by atoms with E-state index in [1.165, 1.54) is 19.3 Å². The number of benzene rings is 1. The summed E-state index contributed by atoms with van der Waals surface area (Å²) in [6.45, 7) is 5.02. The average Bonchev–Trinajstić information content (AvgIpc) is 2.39. The van der Waals surface area contributed by atoms with Crippen LogP contribution in [0.4, 0.5) is 0 Å². The van der Waals surface area contributed by atoms with Crippen LogP contribution in [0.15, 0.2) is 18.2 Å². The molecule has 20 heavy (non-hydrogen) atoms. The smallest absolute Gasteiger partial charge is 0.119 e. The van der Waals surface area contributed by atoms with Gasteiger partial charge in [-0.2, -0.15) is 0 Å². The maximum Gasteiger partial charge on any atom is 0.119 e. The van der Waals surface area contributed by atoms with Crippen LogP contribution >= 0.6 is 11.6 Å². The molecule has 2 rings (SSSR count). The summed E-state index contributed by atoms with van der Waals surface area (Å²) in [5.74, 6) is 0.750. The first-order valence-electron chi connectivity index (χ1n) is 7.37. The molecule has 0 aromatic heterocycles. The van der Waals surface area contributed by atoms with Gasteiger partial charge in [-0.25, -0.2) is 0 Å². The van der Waals surface area contributed by atoms with Crippen molar-refractivity contribution in [3.05, 3.63) is 28.8 Å². The largest absolute Gasteiger partial charge is 0.491 e. The third-order valence-electron chi connectivity index (χ3n) is 4.27. The zero-order valence-corrected chi connectivity index (χ0v) is 13.0. The maximum absolute atomic E-state index is 10.00. The van der Waals surface area contributed by atoms with Crippen molar-refractivity contribution in [3.63, 3.8) is 0 Å². The van der Waals surface area contributed by atoms with Gasteiger partial charge in [0.2, 0.25) is 0 Å². The quantitative estimate of drug-likeness (QED) is 0.811. The van der Waals surface area contributed by atoms with Crippen molar-refractivity contribution >= 4 is 11.6 Å². The van der Waals surface area contributed by atoms with Crippen LogP contribution in [0, 0.1) is 6.92 Å². The van der Waals surface area contributed by atoms with Crippen LogP contribution in [0.25, 0.3) is 0 Å². The summed E-state index contributed by atoms with van der Waals surface area (Å²) in [7, 11) is 0. The lowest BCUT2D eigenvalue weighted by Crippen LogP contribution is -2.53. The number of aliphatic hydroxyl groups excluding tert-OH is 1. The molecule has 0 spiro atoms. The molecular weight excluding hydrogens is 274 g/mol. The van der Waals surface area contributed by atoms with Crippen LogP contribution in [0.5, 0.6) is 5.75 Å². The Morgan fingerprint density at radius 2 is 2.20 bits per heavy atom. The van der Waals surface area contributed by atoms with E-state index >= 15 is 0 Å². The van der Waals surface area contributed by atoms with Gasteiger partial charge >= 0.3 is 0 Å². The Hall–Kier alpha value is -0.770. The van der Waals surface area contributed by atoms with Crippen molar-refractivity contribution in [1.82, 2.24) is 5.32 Å². The summed E-state index contributed by atoms with van der Waals surface area (Å²) in [6, 6.07) is 5.54. The van der Waals surface area contributed by atoms with E-state index in [1.54, 1.807) is 0 Å². The summed E-state index contributed by atoms with van der Waals surface area (Å²) >= 11 is 5.97. The Morgan fingerprint density at radius 3 is 2.75 bits per heavy atom. The number of aliphatic hydroxyl groups is 1. The van der Waals surface area contributed by atoms with Crippen molar-refractivity contribution < 1.29 is 9.84 Å². The van der Waals surface area contributed by atoms with E-state index < -0.39 is 6.10 Å². The van der Waals surface area contributed by atoms with E-state index in [0.717, 1.165) is 22.8 Å². The van der Waals surface area contributed by atoms with Crippen LogP contribution in [0.2, 0.25) is 5.02 Å². The summed E-state index contributed by atoms with van der Waals surface area (Å²) in [5.41, 5.74) is 1.24. The highest BCUT2D eigenvalue weighted by Gasteiger charge is 2.34. The summed E-state index contributed by atoms with van der Waals surface area (Å²) in [6.07, 6.45) is 4.35. The number of halogens is 1. The first-order valence-corrected chi connectivity index (χ1v) is 7.74. The molecule has 4 heteroatoms. The van der Waals surface area contributed by atoms with Gasteiger partial charge in [0.25, 0.3) is 0 Å². The summed E-state index contributed by atoms with van der Waals surface area (Å²) in [5, 5.41) is 14.2. The topological polar surface area (TPSA) is 41.5 Å². The molecule has 0 bridgehead atoms. The fourth-order valence-corrected chi connectivity index (χ4v) is 2.67. The molecule has 1 unspecified atom stereocenters. The number of β-amino-alcohol motifs (C(OH)–C–C–N with tert-alkyl or cyclic N) is 1. The molecule has 0 radical (unpaired) electrons. The maximum atomic E-state index is 10.00. The minimum atomic E-state index is -0.491. The van der Waals surface area contributed by atoms with Gasteiger partial charge in [-0.3, -0.25) is 0 Å². The van der Waals surface area contributed by atoms with Crippen molar-refractivity contribution in [3.8, 4) is 5.75 Å². The third kappa shape index (κ3) is 3.87. The number of aryl methyl sites for hydroxylation is 1. The zero-order chi connectivity index (χ0) is 14.6. The van der Waals surface area contributed by atoms with Gasteiger partial charge in [0.1, 0.15) is 18.5 Å². The van der Waals surface area contributed by atoms with E-state index in [0.29, 0.717) is 13.2 Å². The molecule has 112 valence electrons. The summed E-state index contributed by atoms with van der Waals surface area (Å²) in [4.78, 5) is 0. The SMILES string of the molecule is CCC1(NCC(O)COc2ccc(Cl)c(C)c2)CCC1. The predicted octanol–water partition coefficient (Wildman–Crippen LogP) is 3.31. The Bertz CT molecular complexity index is 441. The fraction of sp³-hybridized carbons (Fsp3) is 0.625. The third-order valence-corrected chi connectivity index (χ3v) is 4.70. The van der Waals surface area contributed by atoms with Gasteiger partial charge in [-0.05, 0) is 56.4 Å². The normalized spacial score (nSPS) is 18.4. The highest BCUT2D eigenvalue weighted by molar-refractivity contribution is 6.31. The van der Waals surface area contributed by atoms with Gasteiger partial charge in [-0.15, -0.1) is 0 Å². The van der Waals surface area contributed by atoms with Crippen LogP contribution in [-0.2, 0) is 0 Å². The Labute approximate surface area is 126 Å². The molecule has 1 saturated carbocycles. The summed E-state index contributed by atoms with van der Waals surface area (Å²) < 4.78 is 5.61. The minimum Gasteiger partial charge on any atom is -0.491 e. The van der Waals surface area contributed by atoms with Crippen LogP contribution < -0.4 is 10.1 Å². The predicted molar refractivity (Wildman–Crippen MR) is 82.6 cm³/mol. The molecule has 1 fully saturated rings. The van der Waals surface area contributed by atoms with Gasteiger partial charge in [-0.1, -0.05) is 18.5 Å². The second kappa shape index (κ2) is 6.79. The van der Waals surface area contributed by atoms with Gasteiger partial charge in [0.05, 0.1) is 0 Å². The van der Waals surface area contributed by atoms with Crippen molar-refractivity contribution in [2.75, 3.05) is 13.2 Å². The molecule has 0 amide bonds. The molecule has 1 aromatic carbocycles. The standard InChI is InChI=1S/C16H24ClNO2/c1-3-16(7-4-8-16)18-10-13(19)11-20-14-5-6-15(17)12(2)9-14/h5-6,9,13,18-19H,3-4,7-8,10-11H2,1-2H3. The van der Waals surface area contributed by atoms with Crippen LogP contribution in [-0.4, -0.2) is 29.9 Å². The lowest BCUT2D eigenvalue weighted by atomic mass is 9.75. The molecule has 0 saturated heterocycles. The molecule has 1 aliphatic carbocycles. The molecule has 0 aliphatic heterocycles. The Balaban J connectivity index is 1.74. The van der Waals surface area contributed by atoms with Gasteiger partial charge in [0.15, 0.2) is 0 Å². The highest BCUT2D eigenvalue weighted by atomic mass is 35.5. The molecule has 2 N–H and O–H groups in total. The number of nitrogens with one attached hydrogen (secondary N) is 1. The number of hydrogen-bond donors (Lipinski definition) is 2. The second-order valence-electron chi connectivity index (χ2n) is 5.74. The van der Waals surface area contributed by atoms with Gasteiger partial charge in [0, 0.05) is 17.1 Å². The molecule has 0 heterocycles. The molecular formula is C16H24ClNO2. The molecule has 3 nitrogen and oxygen atoms in total. The van der Waals surface area contributed by atoms with Crippen molar-refractivity contribution in [2.45, 2.75) is 51.2 Å². The van der Waals surface area contributed by atoms with E-state index in [-0.39, 0.29) is 5.54 Å². The first kappa shape index (κ1) is 15.6. The van der Waals surface area contributed by atoms with E-state index in [4.69, 9.17) is 16.3 Å². The Morgan fingerprint density at radius 1 is 1.45 bits per heavy atom. The molecule has 1 atom stereocenters. The fourth-order valence-electron chi connectivity index (χ4n) is 2.55. The lowest BCUT2D eigenvalue weighted by Gasteiger charge is -2.42. The highest BCUT2D eigenvalue weighted by Crippen LogP contribution is 2.34. The van der Waals surface area contributed by atoms with Crippen molar-refractivity contribution in [1.29, 1.82) is 0 Å². The monoisotopic (exact) mass is 297 g/mol. The van der Waals surface area contributed by atoms with Crippen molar-refractivity contribution in [2.24, 2.45) is 0 Å². The zero-order valence-electron chi connectivity index (χ0n) is 12.3. The second-order valence-corrected chi connectivity index (χ2v) is 6.15. The van der Waals surface area contributed by atoms with E-state index in [2.05, 4.69) is 12.2 Å². The Kier molecular flexibility index (Phi) is 5.30. The number of hydrogen-bond acceptors (Lipinski definition) is 3. The molecule has 1 aromatic rings. The first-order chi connectivity index (χ1) is 9.54. The molecule has 1 aliphatic rings. The van der Waals surface area contributed by atoms with Gasteiger partial charge < -0.3 is 15.2 Å². The van der Waals surface area contributed by atoms with Crippen LogP contribution in [0.3, 0.4) is 0 Å². The minimum absolute atomic E-state index is 0.262. The van der Waals surface area contributed by atoms with Crippen LogP contribution in [0.1, 0.15) is 38.2 Å².